The Balaban J connectivity index is 1.47. The van der Waals surface area contributed by atoms with E-state index < -0.39 is 0 Å². The summed E-state index contributed by atoms with van der Waals surface area (Å²) in [7, 11) is 1.72. The van der Waals surface area contributed by atoms with Crippen molar-refractivity contribution >= 4 is 16.8 Å². The number of carbonyl (C=O) groups excluding carboxylic acids is 1. The quantitative estimate of drug-likeness (QED) is 0.697. The van der Waals surface area contributed by atoms with Crippen molar-refractivity contribution in [3.63, 3.8) is 0 Å². The van der Waals surface area contributed by atoms with Crippen LogP contribution in [0.3, 0.4) is 0 Å². The Bertz CT molecular complexity index is 1070. The lowest BCUT2D eigenvalue weighted by molar-refractivity contribution is -0.131. The zero-order chi connectivity index (χ0) is 19.1. The third-order valence-corrected chi connectivity index (χ3v) is 5.34. The van der Waals surface area contributed by atoms with Crippen LogP contribution in [0, 0.1) is 12.8 Å². The predicted octanol–water partition coefficient (Wildman–Crippen LogP) is 3.08. The van der Waals surface area contributed by atoms with E-state index in [2.05, 4.69) is 11.9 Å². The number of nitrogens with zero attached hydrogens (tertiary/aromatic N) is 3. The Morgan fingerprint density at radius 1 is 1.33 bits per heavy atom. The topological polar surface area (TPSA) is 68.3 Å². The number of carbonyl (C=O) groups is 1. The second-order valence-electron chi connectivity index (χ2n) is 7.52. The molecular formula is C21H23N3O3. The molecule has 6 nitrogen and oxygen atoms in total. The van der Waals surface area contributed by atoms with Crippen molar-refractivity contribution in [3.05, 3.63) is 64.1 Å². The molecule has 0 saturated heterocycles. The fourth-order valence-corrected chi connectivity index (χ4v) is 3.44. The molecule has 0 N–H and O–H groups in total. The first kappa shape index (κ1) is 17.5. The van der Waals surface area contributed by atoms with E-state index >= 15 is 0 Å². The van der Waals surface area contributed by atoms with Gasteiger partial charge < -0.3 is 9.32 Å². The van der Waals surface area contributed by atoms with Crippen LogP contribution in [0.25, 0.3) is 10.9 Å². The summed E-state index contributed by atoms with van der Waals surface area (Å²) in [5.74, 6) is 2.80. The number of aryl methyl sites for hydroxylation is 1. The summed E-state index contributed by atoms with van der Waals surface area (Å²) in [5.41, 5.74) is 1.42. The molecule has 27 heavy (non-hydrogen) atoms. The molecule has 1 amide bonds. The molecule has 2 heterocycles. The zero-order valence-corrected chi connectivity index (χ0v) is 15.8. The maximum absolute atomic E-state index is 12.6. The standard InChI is InChI=1S/C21H23N3O3/c1-13-5-4-6-16-20(13)22-12-24(21(16)26)11-19(25)23(3)10-15-7-8-18(27-15)17-9-14(17)2/h4-8,12,14,17H,9-11H2,1-3H3/t14-,17+/m1/s1. The number of hydrogen-bond acceptors (Lipinski definition) is 4. The smallest absolute Gasteiger partial charge is 0.261 e. The van der Waals surface area contributed by atoms with Crippen LogP contribution in [0.2, 0.25) is 0 Å². The minimum atomic E-state index is -0.201. The van der Waals surface area contributed by atoms with E-state index in [9.17, 15) is 9.59 Å². The molecule has 1 saturated carbocycles. The zero-order valence-electron chi connectivity index (χ0n) is 15.8. The Morgan fingerprint density at radius 2 is 2.11 bits per heavy atom. The normalized spacial score (nSPS) is 18.6. The Hall–Kier alpha value is -2.89. The predicted molar refractivity (Wildman–Crippen MR) is 102 cm³/mol. The summed E-state index contributed by atoms with van der Waals surface area (Å²) in [6, 6.07) is 9.41. The van der Waals surface area contributed by atoms with E-state index in [1.807, 2.05) is 31.2 Å². The molecule has 2 aromatic heterocycles. The summed E-state index contributed by atoms with van der Waals surface area (Å²) in [4.78, 5) is 31.1. The average molecular weight is 365 g/mol. The first-order valence-electron chi connectivity index (χ1n) is 9.21. The number of benzene rings is 1. The highest BCUT2D eigenvalue weighted by molar-refractivity contribution is 5.81. The van der Waals surface area contributed by atoms with Gasteiger partial charge in [-0.3, -0.25) is 14.2 Å². The van der Waals surface area contributed by atoms with Crippen LogP contribution < -0.4 is 5.56 Å². The van der Waals surface area contributed by atoms with E-state index in [0.29, 0.717) is 29.3 Å². The highest BCUT2D eigenvalue weighted by atomic mass is 16.3. The molecule has 1 fully saturated rings. The maximum Gasteiger partial charge on any atom is 0.261 e. The van der Waals surface area contributed by atoms with Crippen LogP contribution in [0.1, 0.15) is 36.3 Å². The van der Waals surface area contributed by atoms with Gasteiger partial charge in [-0.1, -0.05) is 19.1 Å². The van der Waals surface area contributed by atoms with Crippen molar-refractivity contribution in [3.8, 4) is 0 Å². The first-order valence-corrected chi connectivity index (χ1v) is 9.21. The lowest BCUT2D eigenvalue weighted by Crippen LogP contribution is -2.33. The van der Waals surface area contributed by atoms with Gasteiger partial charge in [0.1, 0.15) is 18.1 Å². The van der Waals surface area contributed by atoms with Crippen LogP contribution in [0.5, 0.6) is 0 Å². The van der Waals surface area contributed by atoms with E-state index in [4.69, 9.17) is 4.42 Å². The van der Waals surface area contributed by atoms with Gasteiger partial charge in [-0.15, -0.1) is 0 Å². The fourth-order valence-electron chi connectivity index (χ4n) is 3.44. The Morgan fingerprint density at radius 3 is 2.85 bits per heavy atom. The number of furan rings is 1. The number of fused-ring (bicyclic) bond motifs is 1. The number of likely N-dealkylation sites (N-methyl/N-ethyl adjacent to an activating group) is 1. The number of aromatic nitrogens is 2. The molecule has 6 heteroatoms. The van der Waals surface area contributed by atoms with Gasteiger partial charge in [-0.25, -0.2) is 4.98 Å². The molecule has 0 spiro atoms. The summed E-state index contributed by atoms with van der Waals surface area (Å²) < 4.78 is 7.23. The number of hydrogen-bond donors (Lipinski definition) is 0. The number of amides is 1. The van der Waals surface area contributed by atoms with Crippen LogP contribution in [0.4, 0.5) is 0 Å². The lowest BCUT2D eigenvalue weighted by atomic mass is 10.1. The molecule has 3 aromatic rings. The SMILES string of the molecule is Cc1cccc2c(=O)n(CC(=O)N(C)Cc3ccc([C@H]4C[C@H]4C)o3)cnc12. The van der Waals surface area contributed by atoms with Gasteiger partial charge in [-0.05, 0) is 43.0 Å². The summed E-state index contributed by atoms with van der Waals surface area (Å²) >= 11 is 0. The molecule has 2 atom stereocenters. The molecule has 0 unspecified atom stereocenters. The van der Waals surface area contributed by atoms with Gasteiger partial charge in [0.25, 0.3) is 5.56 Å². The first-order chi connectivity index (χ1) is 12.9. The van der Waals surface area contributed by atoms with Crippen molar-refractivity contribution in [2.75, 3.05) is 7.05 Å². The molecule has 1 aliphatic carbocycles. The highest BCUT2D eigenvalue weighted by Crippen LogP contribution is 2.47. The summed E-state index contributed by atoms with van der Waals surface area (Å²) in [5, 5.41) is 0.530. The second-order valence-corrected chi connectivity index (χ2v) is 7.52. The largest absolute Gasteiger partial charge is 0.464 e. The molecule has 140 valence electrons. The average Bonchev–Trinajstić information content (AvgIpc) is 3.19. The third kappa shape index (κ3) is 3.39. The van der Waals surface area contributed by atoms with Crippen LogP contribution in [-0.4, -0.2) is 27.4 Å². The Kier molecular flexibility index (Phi) is 4.34. The van der Waals surface area contributed by atoms with Crippen LogP contribution in [0.15, 0.2) is 45.9 Å². The summed E-state index contributed by atoms with van der Waals surface area (Å²) in [6.07, 6.45) is 2.61. The molecule has 1 aliphatic rings. The highest BCUT2D eigenvalue weighted by Gasteiger charge is 2.36. The lowest BCUT2D eigenvalue weighted by Gasteiger charge is -2.16. The number of para-hydroxylation sites is 1. The van der Waals surface area contributed by atoms with Crippen molar-refractivity contribution in [2.45, 2.75) is 39.3 Å². The fraction of sp³-hybridized carbons (Fsp3) is 0.381. The molecule has 1 aromatic carbocycles. The maximum atomic E-state index is 12.6. The minimum absolute atomic E-state index is 0.0422. The van der Waals surface area contributed by atoms with E-state index in [0.717, 1.165) is 17.1 Å². The van der Waals surface area contributed by atoms with Crippen molar-refractivity contribution in [1.29, 1.82) is 0 Å². The second kappa shape index (κ2) is 6.68. The Labute approximate surface area is 157 Å². The van der Waals surface area contributed by atoms with E-state index in [-0.39, 0.29) is 18.0 Å². The molecular weight excluding hydrogens is 342 g/mol. The monoisotopic (exact) mass is 365 g/mol. The van der Waals surface area contributed by atoms with Gasteiger partial charge in [-0.2, -0.15) is 0 Å². The third-order valence-electron chi connectivity index (χ3n) is 5.34. The molecule has 4 rings (SSSR count). The molecule has 0 radical (unpaired) electrons. The van der Waals surface area contributed by atoms with Crippen LogP contribution in [-0.2, 0) is 17.9 Å². The molecule has 0 bridgehead atoms. The van der Waals surface area contributed by atoms with Crippen molar-refractivity contribution in [1.82, 2.24) is 14.5 Å². The van der Waals surface area contributed by atoms with Gasteiger partial charge >= 0.3 is 0 Å². The minimum Gasteiger partial charge on any atom is -0.464 e. The van der Waals surface area contributed by atoms with Gasteiger partial charge in [0, 0.05) is 13.0 Å². The molecule has 0 aliphatic heterocycles. The number of rotatable bonds is 5. The van der Waals surface area contributed by atoms with E-state index in [1.54, 1.807) is 18.0 Å². The van der Waals surface area contributed by atoms with Crippen molar-refractivity contribution in [2.24, 2.45) is 5.92 Å². The van der Waals surface area contributed by atoms with Gasteiger partial charge in [0.2, 0.25) is 5.91 Å². The summed E-state index contributed by atoms with van der Waals surface area (Å²) in [6.45, 7) is 4.46. The van der Waals surface area contributed by atoms with Gasteiger partial charge in [0.05, 0.1) is 23.8 Å². The van der Waals surface area contributed by atoms with Crippen LogP contribution >= 0.6 is 0 Å². The van der Waals surface area contributed by atoms with Gasteiger partial charge in [0.15, 0.2) is 0 Å². The van der Waals surface area contributed by atoms with Crippen molar-refractivity contribution < 1.29 is 9.21 Å². The van der Waals surface area contributed by atoms with E-state index in [1.165, 1.54) is 17.3 Å².